The Hall–Kier alpha value is -3.47. The fourth-order valence-electron chi connectivity index (χ4n) is 4.08. The van der Waals surface area contributed by atoms with Gasteiger partial charge in [0.15, 0.2) is 0 Å². The monoisotopic (exact) mass is 474 g/mol. The molecule has 1 N–H and O–H groups in total. The van der Waals surface area contributed by atoms with Crippen LogP contribution in [0.1, 0.15) is 49.4 Å². The molecular formula is C30H35FN2O2. The van der Waals surface area contributed by atoms with Crippen LogP contribution in [0.3, 0.4) is 0 Å². The summed E-state index contributed by atoms with van der Waals surface area (Å²) in [6, 6.07) is 23.4. The van der Waals surface area contributed by atoms with E-state index in [1.807, 2.05) is 56.3 Å². The summed E-state index contributed by atoms with van der Waals surface area (Å²) in [5.41, 5.74) is 3.64. The smallest absolute Gasteiger partial charge is 0.243 e. The topological polar surface area (TPSA) is 49.4 Å². The average Bonchev–Trinajstić information content (AvgIpc) is 2.86. The zero-order valence-corrected chi connectivity index (χ0v) is 20.8. The molecule has 0 aliphatic carbocycles. The third kappa shape index (κ3) is 7.78. The fraction of sp³-hybridized carbons (Fsp3) is 0.333. The third-order valence-electron chi connectivity index (χ3n) is 6.06. The summed E-state index contributed by atoms with van der Waals surface area (Å²) in [5.74, 6) is -0.795. The molecule has 0 saturated carbocycles. The Labute approximate surface area is 208 Å². The molecule has 3 aromatic rings. The van der Waals surface area contributed by atoms with Gasteiger partial charge in [-0.3, -0.25) is 9.59 Å². The van der Waals surface area contributed by atoms with Crippen LogP contribution >= 0.6 is 0 Å². The molecule has 5 heteroatoms. The van der Waals surface area contributed by atoms with Crippen molar-refractivity contribution >= 4 is 11.8 Å². The Bertz CT molecular complexity index is 1100. The Morgan fingerprint density at radius 1 is 0.857 bits per heavy atom. The highest BCUT2D eigenvalue weighted by Crippen LogP contribution is 2.19. The van der Waals surface area contributed by atoms with E-state index in [9.17, 15) is 14.0 Å². The predicted molar refractivity (Wildman–Crippen MR) is 138 cm³/mol. The molecule has 0 radical (unpaired) electrons. The van der Waals surface area contributed by atoms with E-state index in [2.05, 4.69) is 24.4 Å². The molecule has 2 amide bonds. The van der Waals surface area contributed by atoms with Crippen molar-refractivity contribution in [2.75, 3.05) is 0 Å². The molecule has 0 aliphatic heterocycles. The van der Waals surface area contributed by atoms with Gasteiger partial charge in [-0.1, -0.05) is 79.7 Å². The molecule has 0 bridgehead atoms. The van der Waals surface area contributed by atoms with Gasteiger partial charge in [-0.15, -0.1) is 0 Å². The molecule has 0 heterocycles. The maximum absolute atomic E-state index is 14.6. The minimum atomic E-state index is -0.755. The molecular weight excluding hydrogens is 439 g/mol. The Morgan fingerprint density at radius 2 is 1.49 bits per heavy atom. The highest BCUT2D eigenvalue weighted by atomic mass is 19.1. The van der Waals surface area contributed by atoms with Crippen molar-refractivity contribution in [1.29, 1.82) is 0 Å². The zero-order chi connectivity index (χ0) is 25.2. The quantitative estimate of drug-likeness (QED) is 0.400. The van der Waals surface area contributed by atoms with Crippen LogP contribution in [-0.2, 0) is 35.4 Å². The van der Waals surface area contributed by atoms with Crippen molar-refractivity contribution in [3.8, 4) is 0 Å². The van der Waals surface area contributed by atoms with Crippen LogP contribution in [0.4, 0.5) is 4.39 Å². The van der Waals surface area contributed by atoms with Crippen LogP contribution < -0.4 is 5.32 Å². The second-order valence-electron chi connectivity index (χ2n) is 9.15. The maximum atomic E-state index is 14.6. The molecule has 3 rings (SSSR count). The van der Waals surface area contributed by atoms with Crippen molar-refractivity contribution in [3.05, 3.63) is 107 Å². The van der Waals surface area contributed by atoms with Crippen LogP contribution in [0.5, 0.6) is 0 Å². The van der Waals surface area contributed by atoms with Gasteiger partial charge in [0.1, 0.15) is 11.9 Å². The summed E-state index contributed by atoms with van der Waals surface area (Å²) in [4.78, 5) is 28.5. The van der Waals surface area contributed by atoms with Crippen LogP contribution in [0.15, 0.2) is 78.9 Å². The van der Waals surface area contributed by atoms with Gasteiger partial charge in [0.05, 0.1) is 0 Å². The molecule has 4 nitrogen and oxygen atoms in total. The average molecular weight is 475 g/mol. The van der Waals surface area contributed by atoms with E-state index in [4.69, 9.17) is 0 Å². The molecule has 0 fully saturated rings. The number of hydrogen-bond acceptors (Lipinski definition) is 2. The summed E-state index contributed by atoms with van der Waals surface area (Å²) in [6.45, 7) is 5.92. The van der Waals surface area contributed by atoms with Gasteiger partial charge in [0.2, 0.25) is 11.8 Å². The summed E-state index contributed by atoms with van der Waals surface area (Å²) < 4.78 is 14.6. The summed E-state index contributed by atoms with van der Waals surface area (Å²) in [5, 5.41) is 2.96. The van der Waals surface area contributed by atoms with Gasteiger partial charge >= 0.3 is 0 Å². The van der Waals surface area contributed by atoms with E-state index in [0.29, 0.717) is 18.4 Å². The lowest BCUT2D eigenvalue weighted by atomic mass is 10.0. The number of carbonyl (C=O) groups is 2. The van der Waals surface area contributed by atoms with E-state index in [1.54, 1.807) is 23.1 Å². The van der Waals surface area contributed by atoms with Crippen molar-refractivity contribution in [2.45, 2.75) is 65.1 Å². The van der Waals surface area contributed by atoms with E-state index in [1.165, 1.54) is 11.6 Å². The Balaban J connectivity index is 1.89. The van der Waals surface area contributed by atoms with Crippen molar-refractivity contribution in [2.24, 2.45) is 0 Å². The van der Waals surface area contributed by atoms with E-state index >= 15 is 0 Å². The molecule has 184 valence electrons. The Morgan fingerprint density at radius 3 is 2.11 bits per heavy atom. The molecule has 1 atom stereocenters. The lowest BCUT2D eigenvalue weighted by Gasteiger charge is -2.32. The predicted octanol–water partition coefficient (Wildman–Crippen LogP) is 5.49. The van der Waals surface area contributed by atoms with E-state index in [0.717, 1.165) is 17.5 Å². The van der Waals surface area contributed by atoms with Gasteiger partial charge in [-0.2, -0.15) is 0 Å². The number of nitrogens with zero attached hydrogens (tertiary/aromatic N) is 1. The first kappa shape index (κ1) is 26.1. The first-order valence-corrected chi connectivity index (χ1v) is 12.3. The van der Waals surface area contributed by atoms with Crippen molar-refractivity contribution in [3.63, 3.8) is 0 Å². The lowest BCUT2D eigenvalue weighted by molar-refractivity contribution is -0.141. The highest BCUT2D eigenvalue weighted by molar-refractivity contribution is 5.88. The lowest BCUT2D eigenvalue weighted by Crippen LogP contribution is -2.52. The van der Waals surface area contributed by atoms with Gasteiger partial charge in [-0.25, -0.2) is 4.39 Å². The van der Waals surface area contributed by atoms with Crippen LogP contribution in [0, 0.1) is 5.82 Å². The second-order valence-corrected chi connectivity index (χ2v) is 9.15. The molecule has 3 aromatic carbocycles. The number of benzene rings is 3. The number of aryl methyl sites for hydroxylation is 2. The number of halogens is 1. The molecule has 0 spiro atoms. The van der Waals surface area contributed by atoms with Crippen LogP contribution in [0.25, 0.3) is 0 Å². The SMILES string of the molecule is CCc1ccc(CCC(=O)N(Cc2ccccc2F)[C@@H](Cc2ccccc2)C(=O)NC(C)C)cc1. The molecule has 0 unspecified atom stereocenters. The fourth-order valence-corrected chi connectivity index (χ4v) is 4.08. The normalized spacial score (nSPS) is 11.8. The van der Waals surface area contributed by atoms with Crippen molar-refractivity contribution < 1.29 is 14.0 Å². The second kappa shape index (κ2) is 12.8. The largest absolute Gasteiger partial charge is 0.352 e. The minimum Gasteiger partial charge on any atom is -0.352 e. The number of nitrogens with one attached hydrogen (secondary N) is 1. The minimum absolute atomic E-state index is 0.0310. The summed E-state index contributed by atoms with van der Waals surface area (Å²) in [7, 11) is 0. The van der Waals surface area contributed by atoms with Crippen LogP contribution in [0.2, 0.25) is 0 Å². The number of carbonyl (C=O) groups excluding carboxylic acids is 2. The number of rotatable bonds is 11. The molecule has 0 saturated heterocycles. The van der Waals surface area contributed by atoms with E-state index < -0.39 is 6.04 Å². The van der Waals surface area contributed by atoms with Gasteiger partial charge in [-0.05, 0) is 49.4 Å². The molecule has 0 aliphatic rings. The van der Waals surface area contributed by atoms with E-state index in [-0.39, 0.29) is 36.6 Å². The maximum Gasteiger partial charge on any atom is 0.243 e. The zero-order valence-electron chi connectivity index (χ0n) is 20.8. The Kier molecular flexibility index (Phi) is 9.59. The van der Waals surface area contributed by atoms with Crippen LogP contribution in [-0.4, -0.2) is 28.8 Å². The summed E-state index contributed by atoms with van der Waals surface area (Å²) >= 11 is 0. The third-order valence-corrected chi connectivity index (χ3v) is 6.06. The van der Waals surface area contributed by atoms with Gasteiger partial charge in [0, 0.05) is 31.0 Å². The van der Waals surface area contributed by atoms with Gasteiger partial charge in [0.25, 0.3) is 0 Å². The summed E-state index contributed by atoms with van der Waals surface area (Å²) in [6.07, 6.45) is 2.10. The van der Waals surface area contributed by atoms with Gasteiger partial charge < -0.3 is 10.2 Å². The highest BCUT2D eigenvalue weighted by Gasteiger charge is 2.31. The van der Waals surface area contributed by atoms with Crippen molar-refractivity contribution in [1.82, 2.24) is 10.2 Å². The number of hydrogen-bond donors (Lipinski definition) is 1. The first-order valence-electron chi connectivity index (χ1n) is 12.3. The first-order chi connectivity index (χ1) is 16.9. The number of amides is 2. The molecule has 0 aromatic heterocycles. The standard InChI is InChI=1S/C30H35FN2O2/c1-4-23-14-16-24(17-15-23)18-19-29(34)33(21-26-12-8-9-13-27(26)31)28(30(35)32-22(2)3)20-25-10-6-5-7-11-25/h5-17,22,28H,4,18-21H2,1-3H3,(H,32,35)/t28-/m0/s1. The molecule has 35 heavy (non-hydrogen) atoms.